The van der Waals surface area contributed by atoms with Gasteiger partial charge in [0.25, 0.3) is 0 Å². The van der Waals surface area contributed by atoms with Crippen LogP contribution in [0.1, 0.15) is 12.5 Å². The molecule has 0 saturated heterocycles. The number of nitrogens with zero attached hydrogens (tertiary/aromatic N) is 2. The SMILES string of the molecule is CC1Cc2ccccc2N1CC(=O)Nc1cccc2cccnc12. The Labute approximate surface area is 141 Å². The Balaban J connectivity index is 1.55. The van der Waals surface area contributed by atoms with E-state index in [1.165, 1.54) is 5.56 Å². The Morgan fingerprint density at radius 1 is 1.17 bits per heavy atom. The molecule has 1 unspecified atom stereocenters. The number of hydrogen-bond acceptors (Lipinski definition) is 3. The molecule has 1 amide bonds. The Morgan fingerprint density at radius 2 is 2.00 bits per heavy atom. The highest BCUT2D eigenvalue weighted by Gasteiger charge is 2.27. The van der Waals surface area contributed by atoms with Crippen LogP contribution in [0.15, 0.2) is 60.8 Å². The van der Waals surface area contributed by atoms with Crippen molar-refractivity contribution in [1.29, 1.82) is 0 Å². The van der Waals surface area contributed by atoms with Crippen molar-refractivity contribution in [2.45, 2.75) is 19.4 Å². The smallest absolute Gasteiger partial charge is 0.243 e. The van der Waals surface area contributed by atoms with Gasteiger partial charge in [-0.3, -0.25) is 9.78 Å². The number of rotatable bonds is 3. The molecular formula is C20H19N3O. The summed E-state index contributed by atoms with van der Waals surface area (Å²) in [4.78, 5) is 19.1. The molecule has 1 aliphatic heterocycles. The van der Waals surface area contributed by atoms with Gasteiger partial charge in [0.1, 0.15) is 0 Å². The summed E-state index contributed by atoms with van der Waals surface area (Å²) in [5.41, 5.74) is 4.06. The van der Waals surface area contributed by atoms with Crippen molar-refractivity contribution in [2.24, 2.45) is 0 Å². The molecule has 4 nitrogen and oxygen atoms in total. The molecule has 0 fully saturated rings. The van der Waals surface area contributed by atoms with Gasteiger partial charge in [-0.25, -0.2) is 0 Å². The van der Waals surface area contributed by atoms with Gasteiger partial charge in [-0.1, -0.05) is 36.4 Å². The quantitative estimate of drug-likeness (QED) is 0.802. The first-order valence-electron chi connectivity index (χ1n) is 8.20. The van der Waals surface area contributed by atoms with Gasteiger partial charge in [0.2, 0.25) is 5.91 Å². The highest BCUT2D eigenvalue weighted by molar-refractivity contribution is 6.01. The van der Waals surface area contributed by atoms with Crippen molar-refractivity contribution >= 4 is 28.2 Å². The van der Waals surface area contributed by atoms with Crippen LogP contribution in [0.5, 0.6) is 0 Å². The second kappa shape index (κ2) is 5.96. The number of fused-ring (bicyclic) bond motifs is 2. The Kier molecular flexibility index (Phi) is 3.65. The molecule has 1 atom stereocenters. The van der Waals surface area contributed by atoms with Gasteiger partial charge in [0.05, 0.1) is 17.7 Å². The number of amides is 1. The average molecular weight is 317 g/mol. The summed E-state index contributed by atoms with van der Waals surface area (Å²) in [6, 6.07) is 18.4. The maximum absolute atomic E-state index is 12.6. The lowest BCUT2D eigenvalue weighted by Crippen LogP contribution is -2.37. The van der Waals surface area contributed by atoms with Gasteiger partial charge >= 0.3 is 0 Å². The van der Waals surface area contributed by atoms with E-state index < -0.39 is 0 Å². The maximum atomic E-state index is 12.6. The average Bonchev–Trinajstić information content (AvgIpc) is 2.91. The van der Waals surface area contributed by atoms with E-state index in [0.29, 0.717) is 12.6 Å². The Bertz CT molecular complexity index is 901. The zero-order valence-corrected chi connectivity index (χ0v) is 13.6. The minimum atomic E-state index is -0.0169. The van der Waals surface area contributed by atoms with Gasteiger partial charge in [-0.15, -0.1) is 0 Å². The minimum Gasteiger partial charge on any atom is -0.359 e. The van der Waals surface area contributed by atoms with Gasteiger partial charge in [0, 0.05) is 23.3 Å². The standard InChI is InChI=1S/C20H19N3O/c1-14-12-16-6-2-3-10-18(16)23(14)13-19(24)22-17-9-4-7-15-8-5-11-21-20(15)17/h2-11,14H,12-13H2,1H3,(H,22,24). The number of aromatic nitrogens is 1. The minimum absolute atomic E-state index is 0.0169. The summed E-state index contributed by atoms with van der Waals surface area (Å²) in [5.74, 6) is -0.0169. The molecule has 0 spiro atoms. The normalized spacial score (nSPS) is 16.2. The molecule has 0 saturated carbocycles. The van der Waals surface area contributed by atoms with E-state index in [1.807, 2.05) is 36.4 Å². The molecule has 0 bridgehead atoms. The number of hydrogen-bond donors (Lipinski definition) is 1. The number of carbonyl (C=O) groups is 1. The Hall–Kier alpha value is -2.88. The molecule has 1 aliphatic rings. The second-order valence-electron chi connectivity index (χ2n) is 6.24. The van der Waals surface area contributed by atoms with Crippen molar-refractivity contribution in [1.82, 2.24) is 4.98 Å². The van der Waals surface area contributed by atoms with Crippen LogP contribution in [0.25, 0.3) is 10.9 Å². The number of carbonyl (C=O) groups excluding carboxylic acids is 1. The Morgan fingerprint density at radius 3 is 2.92 bits per heavy atom. The second-order valence-corrected chi connectivity index (χ2v) is 6.24. The third-order valence-electron chi connectivity index (χ3n) is 4.57. The van der Waals surface area contributed by atoms with Crippen LogP contribution in [0, 0.1) is 0 Å². The van der Waals surface area contributed by atoms with Crippen LogP contribution in [-0.2, 0) is 11.2 Å². The number of pyridine rings is 1. The summed E-state index contributed by atoms with van der Waals surface area (Å²) < 4.78 is 0. The van der Waals surface area contributed by atoms with E-state index in [2.05, 4.69) is 40.3 Å². The van der Waals surface area contributed by atoms with E-state index >= 15 is 0 Å². The van der Waals surface area contributed by atoms with E-state index in [4.69, 9.17) is 0 Å². The molecular weight excluding hydrogens is 298 g/mol. The highest BCUT2D eigenvalue weighted by atomic mass is 16.2. The van der Waals surface area contributed by atoms with Gasteiger partial charge in [-0.2, -0.15) is 0 Å². The third-order valence-corrected chi connectivity index (χ3v) is 4.57. The van der Waals surface area contributed by atoms with E-state index in [1.54, 1.807) is 6.20 Å². The first-order valence-corrected chi connectivity index (χ1v) is 8.20. The summed E-state index contributed by atoms with van der Waals surface area (Å²) in [6.45, 7) is 2.51. The summed E-state index contributed by atoms with van der Waals surface area (Å²) in [6.07, 6.45) is 2.73. The lowest BCUT2D eigenvalue weighted by Gasteiger charge is -2.24. The maximum Gasteiger partial charge on any atom is 0.243 e. The molecule has 4 rings (SSSR count). The van der Waals surface area contributed by atoms with Crippen LogP contribution < -0.4 is 10.2 Å². The topological polar surface area (TPSA) is 45.2 Å². The van der Waals surface area contributed by atoms with E-state index in [0.717, 1.165) is 28.7 Å². The lowest BCUT2D eigenvalue weighted by atomic mass is 10.1. The first-order chi connectivity index (χ1) is 11.7. The molecule has 0 aliphatic carbocycles. The molecule has 120 valence electrons. The van der Waals surface area contributed by atoms with Crippen molar-refractivity contribution in [3.05, 3.63) is 66.4 Å². The molecule has 4 heteroatoms. The number of anilines is 2. The first kappa shape index (κ1) is 14.7. The zero-order valence-electron chi connectivity index (χ0n) is 13.6. The van der Waals surface area contributed by atoms with Crippen molar-refractivity contribution < 1.29 is 4.79 Å². The van der Waals surface area contributed by atoms with E-state index in [9.17, 15) is 4.79 Å². The van der Waals surface area contributed by atoms with Gasteiger partial charge in [-0.05, 0) is 37.1 Å². The number of benzene rings is 2. The van der Waals surface area contributed by atoms with Gasteiger partial charge in [0.15, 0.2) is 0 Å². The van der Waals surface area contributed by atoms with Crippen LogP contribution in [-0.4, -0.2) is 23.5 Å². The predicted molar refractivity (Wildman–Crippen MR) is 97.3 cm³/mol. The lowest BCUT2D eigenvalue weighted by molar-refractivity contribution is -0.115. The van der Waals surface area contributed by atoms with Gasteiger partial charge < -0.3 is 10.2 Å². The van der Waals surface area contributed by atoms with E-state index in [-0.39, 0.29) is 5.91 Å². The largest absolute Gasteiger partial charge is 0.359 e. The van der Waals surface area contributed by atoms with Crippen LogP contribution in [0.2, 0.25) is 0 Å². The molecule has 1 aromatic heterocycles. The molecule has 2 heterocycles. The number of para-hydroxylation sites is 2. The molecule has 1 N–H and O–H groups in total. The summed E-state index contributed by atoms with van der Waals surface area (Å²) in [5, 5.41) is 4.04. The van der Waals surface area contributed by atoms with Crippen LogP contribution in [0.4, 0.5) is 11.4 Å². The predicted octanol–water partition coefficient (Wildman–Crippen LogP) is 3.62. The summed E-state index contributed by atoms with van der Waals surface area (Å²) >= 11 is 0. The zero-order chi connectivity index (χ0) is 16.5. The fourth-order valence-electron chi connectivity index (χ4n) is 3.42. The summed E-state index contributed by atoms with van der Waals surface area (Å²) in [7, 11) is 0. The number of nitrogens with one attached hydrogen (secondary N) is 1. The molecule has 24 heavy (non-hydrogen) atoms. The van der Waals surface area contributed by atoms with Crippen molar-refractivity contribution in [3.8, 4) is 0 Å². The molecule has 3 aromatic rings. The highest BCUT2D eigenvalue weighted by Crippen LogP contribution is 2.31. The monoisotopic (exact) mass is 317 g/mol. The van der Waals surface area contributed by atoms with Crippen LogP contribution >= 0.6 is 0 Å². The van der Waals surface area contributed by atoms with Crippen molar-refractivity contribution in [2.75, 3.05) is 16.8 Å². The molecule has 0 radical (unpaired) electrons. The van der Waals surface area contributed by atoms with Crippen molar-refractivity contribution in [3.63, 3.8) is 0 Å². The fraction of sp³-hybridized carbons (Fsp3) is 0.200. The third kappa shape index (κ3) is 2.60. The molecule has 2 aromatic carbocycles. The fourth-order valence-corrected chi connectivity index (χ4v) is 3.42. The van der Waals surface area contributed by atoms with Crippen LogP contribution in [0.3, 0.4) is 0 Å².